The van der Waals surface area contributed by atoms with Crippen molar-refractivity contribution in [2.45, 2.75) is 24.8 Å². The van der Waals surface area contributed by atoms with Crippen LogP contribution < -0.4 is 14.8 Å². The third-order valence-electron chi connectivity index (χ3n) is 4.69. The average Bonchev–Trinajstić information content (AvgIpc) is 2.74. The Morgan fingerprint density at radius 1 is 0.900 bits per heavy atom. The number of hydrogen-bond donors (Lipinski definition) is 2. The summed E-state index contributed by atoms with van der Waals surface area (Å²) in [5, 5.41) is 2.95. The summed E-state index contributed by atoms with van der Waals surface area (Å²) in [6.07, 6.45) is 0. The number of ether oxygens (including phenoxy) is 1. The molecule has 3 rings (SSSR count). The maximum atomic E-state index is 12.5. The number of carbonyl (C=O) groups is 1. The van der Waals surface area contributed by atoms with Crippen LogP contribution in [-0.4, -0.2) is 21.4 Å². The Morgan fingerprint density at radius 2 is 1.50 bits per heavy atom. The Labute approximate surface area is 177 Å². The van der Waals surface area contributed by atoms with Gasteiger partial charge in [-0.25, -0.2) is 8.42 Å². The molecule has 0 heterocycles. The number of anilines is 1. The van der Waals surface area contributed by atoms with Gasteiger partial charge in [0.25, 0.3) is 15.9 Å². The molecule has 1 amide bonds. The molecule has 156 valence electrons. The molecule has 0 aliphatic rings. The first kappa shape index (κ1) is 21.4. The lowest BCUT2D eigenvalue weighted by atomic mass is 10.1. The van der Waals surface area contributed by atoms with Crippen molar-refractivity contribution in [3.8, 4) is 5.75 Å². The van der Waals surface area contributed by atoms with Gasteiger partial charge in [0.1, 0.15) is 5.75 Å². The Kier molecular flexibility index (Phi) is 6.42. The van der Waals surface area contributed by atoms with E-state index in [0.29, 0.717) is 17.0 Å². The number of amides is 1. The zero-order valence-corrected chi connectivity index (χ0v) is 17.9. The molecule has 0 aromatic heterocycles. The third kappa shape index (κ3) is 5.18. The van der Waals surface area contributed by atoms with Gasteiger partial charge < -0.3 is 10.1 Å². The van der Waals surface area contributed by atoms with Crippen molar-refractivity contribution in [2.24, 2.45) is 0 Å². The van der Waals surface area contributed by atoms with Gasteiger partial charge in [-0.1, -0.05) is 29.8 Å². The zero-order chi connectivity index (χ0) is 21.7. The SMILES string of the molecule is COc1ccc(S(=O)(=O)Nc2ccc(C(=O)NC(C)c3ccc(C)cc3)cc2)cc1. The van der Waals surface area contributed by atoms with E-state index in [9.17, 15) is 13.2 Å². The molecular formula is C23H24N2O4S. The van der Waals surface area contributed by atoms with Gasteiger partial charge in [-0.2, -0.15) is 0 Å². The predicted molar refractivity (Wildman–Crippen MR) is 117 cm³/mol. The minimum atomic E-state index is -3.74. The van der Waals surface area contributed by atoms with Crippen LogP contribution in [-0.2, 0) is 10.0 Å². The number of methoxy groups -OCH3 is 1. The van der Waals surface area contributed by atoms with Crippen LogP contribution in [0.2, 0.25) is 0 Å². The van der Waals surface area contributed by atoms with Crippen molar-refractivity contribution in [1.29, 1.82) is 0 Å². The van der Waals surface area contributed by atoms with Crippen molar-refractivity contribution in [3.05, 3.63) is 89.5 Å². The first-order valence-electron chi connectivity index (χ1n) is 9.43. The highest BCUT2D eigenvalue weighted by molar-refractivity contribution is 7.92. The first-order chi connectivity index (χ1) is 14.3. The lowest BCUT2D eigenvalue weighted by molar-refractivity contribution is 0.0940. The van der Waals surface area contributed by atoms with Crippen LogP contribution in [0.5, 0.6) is 5.75 Å². The molecule has 30 heavy (non-hydrogen) atoms. The van der Waals surface area contributed by atoms with E-state index in [1.165, 1.54) is 19.2 Å². The molecule has 2 N–H and O–H groups in total. The molecule has 0 bridgehead atoms. The van der Waals surface area contributed by atoms with Gasteiger partial charge in [0.2, 0.25) is 0 Å². The summed E-state index contributed by atoms with van der Waals surface area (Å²) in [5.41, 5.74) is 2.98. The fourth-order valence-electron chi connectivity index (χ4n) is 2.88. The standard InChI is InChI=1S/C23H24N2O4S/c1-16-4-6-18(7-5-16)17(2)24-23(26)19-8-10-20(11-9-19)25-30(27,28)22-14-12-21(29-3)13-15-22/h4-15,17,25H,1-3H3,(H,24,26). The second-order valence-corrected chi connectivity index (χ2v) is 8.65. The number of rotatable bonds is 7. The quantitative estimate of drug-likeness (QED) is 0.592. The third-order valence-corrected chi connectivity index (χ3v) is 6.09. The average molecular weight is 425 g/mol. The second-order valence-electron chi connectivity index (χ2n) is 6.96. The van der Waals surface area contributed by atoms with Gasteiger partial charge in [-0.05, 0) is 67.9 Å². The van der Waals surface area contributed by atoms with E-state index in [-0.39, 0.29) is 16.8 Å². The van der Waals surface area contributed by atoms with E-state index in [4.69, 9.17) is 4.74 Å². The molecule has 6 nitrogen and oxygen atoms in total. The summed E-state index contributed by atoms with van der Waals surface area (Å²) in [4.78, 5) is 12.6. The molecule has 0 spiro atoms. The minimum Gasteiger partial charge on any atom is -0.497 e. The molecule has 0 aliphatic heterocycles. The molecule has 1 atom stereocenters. The van der Waals surface area contributed by atoms with Crippen LogP contribution in [0.1, 0.15) is 34.5 Å². The molecule has 0 saturated carbocycles. The van der Waals surface area contributed by atoms with Crippen molar-refractivity contribution in [1.82, 2.24) is 5.32 Å². The molecule has 3 aromatic rings. The van der Waals surface area contributed by atoms with Crippen molar-refractivity contribution in [2.75, 3.05) is 11.8 Å². The van der Waals surface area contributed by atoms with E-state index in [1.807, 2.05) is 38.1 Å². The van der Waals surface area contributed by atoms with Crippen molar-refractivity contribution >= 4 is 21.6 Å². The van der Waals surface area contributed by atoms with Gasteiger partial charge in [-0.15, -0.1) is 0 Å². The van der Waals surface area contributed by atoms with Crippen LogP contribution in [0.15, 0.2) is 77.7 Å². The number of carbonyl (C=O) groups excluding carboxylic acids is 1. The van der Waals surface area contributed by atoms with Crippen LogP contribution in [0, 0.1) is 6.92 Å². The Hall–Kier alpha value is -3.32. The van der Waals surface area contributed by atoms with Crippen molar-refractivity contribution < 1.29 is 17.9 Å². The van der Waals surface area contributed by atoms with Crippen molar-refractivity contribution in [3.63, 3.8) is 0 Å². The largest absolute Gasteiger partial charge is 0.497 e. The smallest absolute Gasteiger partial charge is 0.261 e. The maximum absolute atomic E-state index is 12.5. The summed E-state index contributed by atoms with van der Waals surface area (Å²) in [6, 6.07) is 20.2. The first-order valence-corrected chi connectivity index (χ1v) is 10.9. The normalized spacial score (nSPS) is 12.1. The molecule has 0 saturated heterocycles. The number of sulfonamides is 1. The fraction of sp³-hybridized carbons (Fsp3) is 0.174. The van der Waals surface area contributed by atoms with Crippen LogP contribution >= 0.6 is 0 Å². The lowest BCUT2D eigenvalue weighted by Crippen LogP contribution is -2.26. The summed E-state index contributed by atoms with van der Waals surface area (Å²) >= 11 is 0. The molecule has 7 heteroatoms. The zero-order valence-electron chi connectivity index (χ0n) is 17.0. The highest BCUT2D eigenvalue weighted by Crippen LogP contribution is 2.20. The highest BCUT2D eigenvalue weighted by atomic mass is 32.2. The second kappa shape index (κ2) is 9.00. The van der Waals surface area contributed by atoms with Crippen LogP contribution in [0.4, 0.5) is 5.69 Å². The van der Waals surface area contributed by atoms with Gasteiger partial charge in [0.05, 0.1) is 18.0 Å². The maximum Gasteiger partial charge on any atom is 0.261 e. The number of aryl methyl sites for hydroxylation is 1. The summed E-state index contributed by atoms with van der Waals surface area (Å²) in [5.74, 6) is 0.344. The Bertz CT molecular complexity index is 1110. The number of nitrogens with one attached hydrogen (secondary N) is 2. The van der Waals surface area contributed by atoms with Gasteiger partial charge in [-0.3, -0.25) is 9.52 Å². The fourth-order valence-corrected chi connectivity index (χ4v) is 3.94. The van der Waals surface area contributed by atoms with Gasteiger partial charge in [0, 0.05) is 11.3 Å². The Morgan fingerprint density at radius 3 is 2.07 bits per heavy atom. The summed E-state index contributed by atoms with van der Waals surface area (Å²) < 4.78 is 32.6. The van der Waals surface area contributed by atoms with Gasteiger partial charge >= 0.3 is 0 Å². The van der Waals surface area contributed by atoms with Gasteiger partial charge in [0.15, 0.2) is 0 Å². The molecule has 0 radical (unpaired) electrons. The molecule has 0 fully saturated rings. The summed E-state index contributed by atoms with van der Waals surface area (Å²) in [7, 11) is -2.22. The number of benzene rings is 3. The van der Waals surface area contributed by atoms with E-state index in [2.05, 4.69) is 10.0 Å². The highest BCUT2D eigenvalue weighted by Gasteiger charge is 2.15. The molecular weight excluding hydrogens is 400 g/mol. The van der Waals surface area contributed by atoms with E-state index in [1.54, 1.807) is 36.4 Å². The number of hydrogen-bond acceptors (Lipinski definition) is 4. The Balaban J connectivity index is 1.66. The van der Waals surface area contributed by atoms with E-state index >= 15 is 0 Å². The van der Waals surface area contributed by atoms with Crippen LogP contribution in [0.3, 0.4) is 0 Å². The van der Waals surface area contributed by atoms with E-state index < -0.39 is 10.0 Å². The topological polar surface area (TPSA) is 84.5 Å². The monoisotopic (exact) mass is 424 g/mol. The van der Waals surface area contributed by atoms with E-state index in [0.717, 1.165) is 11.1 Å². The molecule has 1 unspecified atom stereocenters. The molecule has 0 aliphatic carbocycles. The predicted octanol–water partition coefficient (Wildman–Crippen LogP) is 4.30. The lowest BCUT2D eigenvalue weighted by Gasteiger charge is -2.15. The molecule has 3 aromatic carbocycles. The summed E-state index contributed by atoms with van der Waals surface area (Å²) in [6.45, 7) is 3.93. The van der Waals surface area contributed by atoms with Crippen LogP contribution in [0.25, 0.3) is 0 Å². The minimum absolute atomic E-state index is 0.122.